The number of hydrogen-bond acceptors (Lipinski definition) is 3. The van der Waals surface area contributed by atoms with Crippen LogP contribution in [0.5, 0.6) is 0 Å². The Morgan fingerprint density at radius 2 is 2.00 bits per heavy atom. The van der Waals surface area contributed by atoms with Crippen molar-refractivity contribution in [3.8, 4) is 0 Å². The zero-order valence-corrected chi connectivity index (χ0v) is 12.9. The molecule has 0 saturated heterocycles. The van der Waals surface area contributed by atoms with Gasteiger partial charge >= 0.3 is 0 Å². The molecule has 122 valence electrons. The number of benzene rings is 2. The van der Waals surface area contributed by atoms with E-state index in [1.165, 1.54) is 12.1 Å². The van der Waals surface area contributed by atoms with Gasteiger partial charge < -0.3 is 10.3 Å². The molecular formula is C18H16FN3O2. The van der Waals surface area contributed by atoms with E-state index in [1.807, 2.05) is 6.07 Å². The number of nitrogens with zero attached hydrogens (tertiary/aromatic N) is 1. The number of carbonyl (C=O) groups is 1. The molecule has 1 aromatic heterocycles. The summed E-state index contributed by atoms with van der Waals surface area (Å²) in [6.07, 6.45) is 0.522. The molecule has 0 radical (unpaired) electrons. The molecule has 0 aliphatic heterocycles. The molecule has 3 aromatic rings. The average molecular weight is 325 g/mol. The molecule has 2 N–H and O–H groups in total. The second-order valence-electron chi connectivity index (χ2n) is 5.44. The van der Waals surface area contributed by atoms with E-state index in [0.29, 0.717) is 35.3 Å². The quantitative estimate of drug-likeness (QED) is 0.753. The summed E-state index contributed by atoms with van der Waals surface area (Å²) in [4.78, 5) is 30.9. The number of nitrogens with one attached hydrogen (secondary N) is 2. The number of amides is 1. The van der Waals surface area contributed by atoms with Crippen LogP contribution in [0.1, 0.15) is 11.4 Å². The highest BCUT2D eigenvalue weighted by Gasteiger charge is 2.06. The van der Waals surface area contributed by atoms with Crippen molar-refractivity contribution >= 4 is 16.8 Å². The number of H-pyrrole nitrogens is 1. The molecule has 1 heterocycles. The zero-order valence-electron chi connectivity index (χ0n) is 12.9. The Kier molecular flexibility index (Phi) is 4.65. The lowest BCUT2D eigenvalue weighted by Crippen LogP contribution is -2.28. The summed E-state index contributed by atoms with van der Waals surface area (Å²) in [7, 11) is 0. The van der Waals surface area contributed by atoms with E-state index >= 15 is 0 Å². The topological polar surface area (TPSA) is 74.8 Å². The molecule has 5 nitrogen and oxygen atoms in total. The van der Waals surface area contributed by atoms with E-state index < -0.39 is 0 Å². The van der Waals surface area contributed by atoms with Crippen molar-refractivity contribution < 1.29 is 9.18 Å². The number of aromatic nitrogens is 2. The number of para-hydroxylation sites is 1. The van der Waals surface area contributed by atoms with Crippen molar-refractivity contribution in [3.05, 3.63) is 76.1 Å². The molecule has 1 amide bonds. The lowest BCUT2D eigenvalue weighted by atomic mass is 10.1. The molecule has 24 heavy (non-hydrogen) atoms. The Morgan fingerprint density at radius 3 is 2.83 bits per heavy atom. The Balaban J connectivity index is 1.58. The van der Waals surface area contributed by atoms with Crippen molar-refractivity contribution in [1.29, 1.82) is 0 Å². The molecule has 0 saturated carbocycles. The smallest absolute Gasteiger partial charge is 0.258 e. The minimum absolute atomic E-state index is 0.111. The number of fused-ring (bicyclic) bond motifs is 1. The zero-order chi connectivity index (χ0) is 16.9. The predicted octanol–water partition coefficient (Wildman–Crippen LogP) is 1.96. The van der Waals surface area contributed by atoms with Gasteiger partial charge in [0.05, 0.1) is 17.3 Å². The second-order valence-corrected chi connectivity index (χ2v) is 5.44. The predicted molar refractivity (Wildman–Crippen MR) is 89.2 cm³/mol. The monoisotopic (exact) mass is 325 g/mol. The molecule has 0 unspecified atom stereocenters. The molecule has 6 heteroatoms. The Labute approximate surface area is 137 Å². The van der Waals surface area contributed by atoms with Crippen LogP contribution < -0.4 is 10.9 Å². The van der Waals surface area contributed by atoms with Gasteiger partial charge in [-0.25, -0.2) is 9.37 Å². The van der Waals surface area contributed by atoms with Crippen LogP contribution >= 0.6 is 0 Å². The van der Waals surface area contributed by atoms with Crippen LogP contribution in [0.15, 0.2) is 53.3 Å². The highest BCUT2D eigenvalue weighted by atomic mass is 19.1. The van der Waals surface area contributed by atoms with Gasteiger partial charge in [-0.2, -0.15) is 0 Å². The van der Waals surface area contributed by atoms with E-state index in [2.05, 4.69) is 15.3 Å². The van der Waals surface area contributed by atoms with Gasteiger partial charge in [0, 0.05) is 13.0 Å². The third-order valence-electron chi connectivity index (χ3n) is 3.60. The molecule has 3 rings (SSSR count). The van der Waals surface area contributed by atoms with Gasteiger partial charge in [-0.15, -0.1) is 0 Å². The fraction of sp³-hybridized carbons (Fsp3) is 0.167. The van der Waals surface area contributed by atoms with Gasteiger partial charge in [0.25, 0.3) is 5.56 Å². The van der Waals surface area contributed by atoms with Crippen LogP contribution in [-0.2, 0) is 17.6 Å². The summed E-state index contributed by atoms with van der Waals surface area (Å²) >= 11 is 0. The van der Waals surface area contributed by atoms with Crippen LogP contribution in [-0.4, -0.2) is 22.4 Å². The van der Waals surface area contributed by atoms with Crippen molar-refractivity contribution in [2.24, 2.45) is 0 Å². The number of carbonyl (C=O) groups excluding carboxylic acids is 1. The van der Waals surface area contributed by atoms with Gasteiger partial charge in [0.15, 0.2) is 0 Å². The van der Waals surface area contributed by atoms with Crippen molar-refractivity contribution in [3.63, 3.8) is 0 Å². The van der Waals surface area contributed by atoms with Gasteiger partial charge in [0.2, 0.25) is 5.91 Å². The third-order valence-corrected chi connectivity index (χ3v) is 3.60. The Hall–Kier alpha value is -3.02. The number of halogens is 1. The summed E-state index contributed by atoms with van der Waals surface area (Å²) in [5.74, 6) is -0.0493. The first kappa shape index (κ1) is 15.9. The molecule has 0 aliphatic rings. The van der Waals surface area contributed by atoms with Gasteiger partial charge in [-0.1, -0.05) is 24.3 Å². The van der Waals surface area contributed by atoms with Crippen LogP contribution in [0.3, 0.4) is 0 Å². The maximum atomic E-state index is 13.1. The highest BCUT2D eigenvalue weighted by molar-refractivity contribution is 5.78. The average Bonchev–Trinajstić information content (AvgIpc) is 2.55. The maximum absolute atomic E-state index is 13.1. The summed E-state index contributed by atoms with van der Waals surface area (Å²) in [6.45, 7) is 0.343. The van der Waals surface area contributed by atoms with E-state index in [-0.39, 0.29) is 23.7 Å². The fourth-order valence-electron chi connectivity index (χ4n) is 2.47. The first-order valence-electron chi connectivity index (χ1n) is 7.61. The molecule has 0 aliphatic carbocycles. The van der Waals surface area contributed by atoms with Crippen LogP contribution in [0, 0.1) is 5.82 Å². The first-order valence-corrected chi connectivity index (χ1v) is 7.61. The third kappa shape index (κ3) is 3.84. The summed E-state index contributed by atoms with van der Waals surface area (Å²) in [5, 5.41) is 3.28. The summed E-state index contributed by atoms with van der Waals surface area (Å²) in [5.41, 5.74) is 1.05. The van der Waals surface area contributed by atoms with Gasteiger partial charge in [0.1, 0.15) is 11.6 Å². The van der Waals surface area contributed by atoms with Crippen LogP contribution in [0.4, 0.5) is 4.39 Å². The van der Waals surface area contributed by atoms with Crippen molar-refractivity contribution in [2.45, 2.75) is 12.8 Å². The maximum Gasteiger partial charge on any atom is 0.258 e. The van der Waals surface area contributed by atoms with Crippen LogP contribution in [0.2, 0.25) is 0 Å². The summed E-state index contributed by atoms with van der Waals surface area (Å²) < 4.78 is 13.1. The van der Waals surface area contributed by atoms with Crippen LogP contribution in [0.25, 0.3) is 10.9 Å². The molecule has 0 fully saturated rings. The first-order chi connectivity index (χ1) is 11.6. The number of hydrogen-bond donors (Lipinski definition) is 2. The largest absolute Gasteiger partial charge is 0.355 e. The van der Waals surface area contributed by atoms with Gasteiger partial charge in [-0.3, -0.25) is 9.59 Å². The lowest BCUT2D eigenvalue weighted by Gasteiger charge is -2.06. The molecule has 0 spiro atoms. The van der Waals surface area contributed by atoms with E-state index in [9.17, 15) is 14.0 Å². The summed E-state index contributed by atoms with van der Waals surface area (Å²) in [6, 6.07) is 13.0. The molecular weight excluding hydrogens is 309 g/mol. The SMILES string of the molecule is O=C(Cc1cccc(F)c1)NCCc1nc2ccccc2c(=O)[nH]1. The van der Waals surface area contributed by atoms with E-state index in [0.717, 1.165) is 0 Å². The standard InChI is InChI=1S/C18H16FN3O2/c19-13-5-3-4-12(10-13)11-17(23)20-9-8-16-21-15-7-2-1-6-14(15)18(24)22-16/h1-7,10H,8-9,11H2,(H,20,23)(H,21,22,24). The fourth-order valence-corrected chi connectivity index (χ4v) is 2.47. The van der Waals surface area contributed by atoms with Crippen molar-refractivity contribution in [2.75, 3.05) is 6.54 Å². The normalized spacial score (nSPS) is 10.7. The molecule has 0 atom stereocenters. The second kappa shape index (κ2) is 7.04. The van der Waals surface area contributed by atoms with E-state index in [4.69, 9.17) is 0 Å². The highest BCUT2D eigenvalue weighted by Crippen LogP contribution is 2.06. The van der Waals surface area contributed by atoms with Crippen molar-refractivity contribution in [1.82, 2.24) is 15.3 Å². The lowest BCUT2D eigenvalue weighted by molar-refractivity contribution is -0.120. The van der Waals surface area contributed by atoms with Gasteiger partial charge in [-0.05, 0) is 29.8 Å². The minimum atomic E-state index is -0.363. The molecule has 0 bridgehead atoms. The minimum Gasteiger partial charge on any atom is -0.355 e. The van der Waals surface area contributed by atoms with E-state index in [1.54, 1.807) is 30.3 Å². The number of aromatic amines is 1. The Bertz CT molecular complexity index is 937. The molecule has 2 aromatic carbocycles. The Morgan fingerprint density at radius 1 is 1.17 bits per heavy atom. The number of rotatable bonds is 5.